The second-order valence-electron chi connectivity index (χ2n) is 2.18. The van der Waals surface area contributed by atoms with Crippen molar-refractivity contribution in [2.75, 3.05) is 6.61 Å². The van der Waals surface area contributed by atoms with Gasteiger partial charge in [0, 0.05) is 0 Å². The molecule has 1 unspecified atom stereocenters. The van der Waals surface area contributed by atoms with E-state index in [-0.39, 0.29) is 6.61 Å². The van der Waals surface area contributed by atoms with Crippen molar-refractivity contribution < 1.29 is 28.2 Å². The first kappa shape index (κ1) is 12.3. The van der Waals surface area contributed by atoms with Gasteiger partial charge in [-0.25, -0.2) is 18.4 Å². The van der Waals surface area contributed by atoms with Crippen LogP contribution in [0, 0.1) is 0 Å². The maximum atomic E-state index is 12.0. The number of hydrogen-bond donors (Lipinski definition) is 2. The lowest BCUT2D eigenvalue weighted by atomic mass is 10.3. The Morgan fingerprint density at radius 3 is 2.50 bits per heavy atom. The van der Waals surface area contributed by atoms with Crippen molar-refractivity contribution in [3.63, 3.8) is 0 Å². The van der Waals surface area contributed by atoms with Crippen molar-refractivity contribution in [3.05, 3.63) is 12.7 Å². The standard InChI is InChI=1S/C7H9F2NO4/c1-2-3-14-7(13)10-4(5(8)9)6(11)12/h2,4-5H,1,3H2,(H,10,13)(H,11,12). The first-order valence-electron chi connectivity index (χ1n) is 3.54. The molecule has 0 aromatic rings. The van der Waals surface area contributed by atoms with E-state index in [9.17, 15) is 18.4 Å². The molecule has 0 aliphatic carbocycles. The van der Waals surface area contributed by atoms with Crippen molar-refractivity contribution >= 4 is 12.1 Å². The van der Waals surface area contributed by atoms with Crippen molar-refractivity contribution in [3.8, 4) is 0 Å². The van der Waals surface area contributed by atoms with Crippen LogP contribution >= 0.6 is 0 Å². The summed E-state index contributed by atoms with van der Waals surface area (Å²) in [5.41, 5.74) is 0. The molecule has 1 atom stereocenters. The van der Waals surface area contributed by atoms with Crippen molar-refractivity contribution in [1.29, 1.82) is 0 Å². The molecule has 2 N–H and O–H groups in total. The third kappa shape index (κ3) is 4.39. The third-order valence-electron chi connectivity index (χ3n) is 1.12. The van der Waals surface area contributed by atoms with Gasteiger partial charge in [-0.3, -0.25) is 0 Å². The van der Waals surface area contributed by atoms with Gasteiger partial charge in [0.15, 0.2) is 6.04 Å². The van der Waals surface area contributed by atoms with Gasteiger partial charge in [-0.2, -0.15) is 0 Å². The van der Waals surface area contributed by atoms with Crippen molar-refractivity contribution in [2.24, 2.45) is 0 Å². The molecule has 0 saturated carbocycles. The van der Waals surface area contributed by atoms with E-state index in [0.29, 0.717) is 0 Å². The Balaban J connectivity index is 4.09. The summed E-state index contributed by atoms with van der Waals surface area (Å²) in [5.74, 6) is -1.82. The molecule has 0 bridgehead atoms. The number of halogens is 2. The molecule has 0 heterocycles. The number of aliphatic carboxylic acids is 1. The van der Waals surface area contributed by atoms with E-state index >= 15 is 0 Å². The lowest BCUT2D eigenvalue weighted by Gasteiger charge is -2.12. The highest BCUT2D eigenvalue weighted by atomic mass is 19.3. The van der Waals surface area contributed by atoms with E-state index in [1.54, 1.807) is 0 Å². The summed E-state index contributed by atoms with van der Waals surface area (Å²) in [6.07, 6.45) is -3.20. The van der Waals surface area contributed by atoms with Crippen LogP contribution in [0.15, 0.2) is 12.7 Å². The van der Waals surface area contributed by atoms with E-state index < -0.39 is 24.5 Å². The molecule has 0 aliphatic heterocycles. The van der Waals surface area contributed by atoms with Gasteiger partial charge in [0.05, 0.1) is 0 Å². The van der Waals surface area contributed by atoms with Crippen LogP contribution in [-0.4, -0.2) is 36.2 Å². The molecule has 5 nitrogen and oxygen atoms in total. The van der Waals surface area contributed by atoms with Crippen molar-refractivity contribution in [1.82, 2.24) is 5.32 Å². The van der Waals surface area contributed by atoms with E-state index in [4.69, 9.17) is 5.11 Å². The van der Waals surface area contributed by atoms with Crippen LogP contribution in [-0.2, 0) is 9.53 Å². The van der Waals surface area contributed by atoms with Crippen LogP contribution in [0.5, 0.6) is 0 Å². The minimum Gasteiger partial charge on any atom is -0.480 e. The van der Waals surface area contributed by atoms with Gasteiger partial charge < -0.3 is 15.2 Å². The minimum atomic E-state index is -3.19. The highest BCUT2D eigenvalue weighted by Crippen LogP contribution is 2.01. The Morgan fingerprint density at radius 1 is 1.57 bits per heavy atom. The van der Waals surface area contributed by atoms with Crippen LogP contribution in [0.25, 0.3) is 0 Å². The molecule has 80 valence electrons. The van der Waals surface area contributed by atoms with Gasteiger partial charge >= 0.3 is 12.1 Å². The number of carboxylic acids is 1. The van der Waals surface area contributed by atoms with Gasteiger partial charge in [0.1, 0.15) is 6.61 Å². The Morgan fingerprint density at radius 2 is 2.14 bits per heavy atom. The van der Waals surface area contributed by atoms with Crippen LogP contribution in [0.1, 0.15) is 0 Å². The van der Waals surface area contributed by atoms with Crippen LogP contribution < -0.4 is 5.32 Å². The maximum Gasteiger partial charge on any atom is 0.408 e. The molecule has 0 aromatic carbocycles. The van der Waals surface area contributed by atoms with E-state index in [2.05, 4.69) is 11.3 Å². The fourth-order valence-electron chi connectivity index (χ4n) is 0.536. The Bertz CT molecular complexity index is 232. The number of carbonyl (C=O) groups is 2. The highest BCUT2D eigenvalue weighted by Gasteiger charge is 2.30. The zero-order valence-electron chi connectivity index (χ0n) is 7.07. The second-order valence-corrected chi connectivity index (χ2v) is 2.18. The molecule has 0 fully saturated rings. The monoisotopic (exact) mass is 209 g/mol. The fourth-order valence-corrected chi connectivity index (χ4v) is 0.536. The number of rotatable bonds is 5. The Hall–Kier alpha value is -1.66. The zero-order valence-corrected chi connectivity index (χ0v) is 7.07. The quantitative estimate of drug-likeness (QED) is 0.650. The Labute approximate surface area is 78.4 Å². The van der Waals surface area contributed by atoms with Gasteiger partial charge in [-0.15, -0.1) is 0 Å². The minimum absolute atomic E-state index is 0.179. The van der Waals surface area contributed by atoms with Crippen molar-refractivity contribution in [2.45, 2.75) is 12.5 Å². The normalized spacial score (nSPS) is 11.9. The summed E-state index contributed by atoms with van der Waals surface area (Å²) in [5, 5.41) is 9.74. The molecule has 0 aliphatic rings. The molecule has 0 aromatic heterocycles. The number of hydrogen-bond acceptors (Lipinski definition) is 3. The zero-order chi connectivity index (χ0) is 11.1. The number of alkyl halides is 2. The Kier molecular flexibility index (Phi) is 5.20. The molecule has 1 amide bonds. The second kappa shape index (κ2) is 5.90. The molecule has 0 rings (SSSR count). The van der Waals surface area contributed by atoms with Crippen LogP contribution in [0.4, 0.5) is 13.6 Å². The largest absolute Gasteiger partial charge is 0.480 e. The summed E-state index contributed by atoms with van der Waals surface area (Å²) in [7, 11) is 0. The maximum absolute atomic E-state index is 12.0. The number of nitrogens with one attached hydrogen (secondary N) is 1. The smallest absolute Gasteiger partial charge is 0.408 e. The summed E-state index contributed by atoms with van der Waals surface area (Å²) in [6, 6.07) is -2.26. The summed E-state index contributed by atoms with van der Waals surface area (Å²) in [6.45, 7) is 3.03. The predicted octanol–water partition coefficient (Wildman–Crippen LogP) is 0.617. The van der Waals surface area contributed by atoms with E-state index in [1.807, 2.05) is 0 Å². The van der Waals surface area contributed by atoms with Gasteiger partial charge in [0.25, 0.3) is 6.43 Å². The molecule has 0 spiro atoms. The van der Waals surface area contributed by atoms with Gasteiger partial charge in [-0.1, -0.05) is 12.7 Å². The molecular weight excluding hydrogens is 200 g/mol. The number of ether oxygens (including phenoxy) is 1. The molecule has 7 heteroatoms. The number of amides is 1. The molecule has 0 saturated heterocycles. The van der Waals surface area contributed by atoms with Crippen LogP contribution in [0.2, 0.25) is 0 Å². The number of alkyl carbamates (subject to hydrolysis) is 1. The van der Waals surface area contributed by atoms with Gasteiger partial charge in [0.2, 0.25) is 0 Å². The number of carbonyl (C=O) groups excluding carboxylic acids is 1. The third-order valence-corrected chi connectivity index (χ3v) is 1.12. The SMILES string of the molecule is C=CCOC(=O)NC(C(=O)O)C(F)F. The van der Waals surface area contributed by atoms with Crippen LogP contribution in [0.3, 0.4) is 0 Å². The lowest BCUT2D eigenvalue weighted by molar-refractivity contribution is -0.143. The van der Waals surface area contributed by atoms with E-state index in [1.165, 1.54) is 11.4 Å². The lowest BCUT2D eigenvalue weighted by Crippen LogP contribution is -2.45. The van der Waals surface area contributed by atoms with Gasteiger partial charge in [-0.05, 0) is 0 Å². The molecule has 14 heavy (non-hydrogen) atoms. The first-order valence-corrected chi connectivity index (χ1v) is 3.54. The first-order chi connectivity index (χ1) is 6.49. The number of carboxylic acid groups (broad SMARTS) is 1. The average Bonchev–Trinajstić information content (AvgIpc) is 2.09. The van der Waals surface area contributed by atoms with E-state index in [0.717, 1.165) is 0 Å². The summed E-state index contributed by atoms with van der Waals surface area (Å²) < 4.78 is 28.2. The molecular formula is C7H9F2NO4. The summed E-state index contributed by atoms with van der Waals surface area (Å²) >= 11 is 0. The predicted molar refractivity (Wildman–Crippen MR) is 42.1 cm³/mol. The summed E-state index contributed by atoms with van der Waals surface area (Å²) in [4.78, 5) is 20.8. The average molecular weight is 209 g/mol. The highest BCUT2D eigenvalue weighted by molar-refractivity contribution is 5.80. The topological polar surface area (TPSA) is 75.6 Å². The fraction of sp³-hybridized carbons (Fsp3) is 0.429. The molecule has 0 radical (unpaired) electrons.